The molecule has 0 aliphatic heterocycles. The zero-order valence-corrected chi connectivity index (χ0v) is 9.28. The van der Waals surface area contributed by atoms with Crippen LogP contribution in [-0.4, -0.2) is 34.0 Å². The average Bonchev–Trinajstić information content (AvgIpc) is 1.77. The van der Waals surface area contributed by atoms with Gasteiger partial charge in [-0.2, -0.15) is 0 Å². The van der Waals surface area contributed by atoms with Gasteiger partial charge in [0.2, 0.25) is 0 Å². The molecule has 0 saturated carbocycles. The molecule has 0 aromatic rings. The Morgan fingerprint density at radius 2 is 1.93 bits per heavy atom. The molecule has 0 heterocycles. The molecule has 0 bridgehead atoms. The first-order chi connectivity index (χ1) is 6.20. The van der Waals surface area contributed by atoms with E-state index in [9.17, 15) is 9.90 Å². The van der Waals surface area contributed by atoms with Crippen LogP contribution in [0.1, 0.15) is 40.5 Å². The highest BCUT2D eigenvalue weighted by molar-refractivity contribution is 5.70. The Hall–Kier alpha value is -0.610. The summed E-state index contributed by atoms with van der Waals surface area (Å²) < 4.78 is 4.98. The zero-order chi connectivity index (χ0) is 11.4. The molecule has 0 radical (unpaired) electrons. The predicted molar refractivity (Wildman–Crippen MR) is 52.8 cm³/mol. The second kappa shape index (κ2) is 5.32. The molecule has 0 rings (SSSR count). The quantitative estimate of drug-likeness (QED) is 0.651. The first kappa shape index (κ1) is 13.4. The van der Waals surface area contributed by atoms with E-state index in [4.69, 9.17) is 9.84 Å². The fourth-order valence-electron chi connectivity index (χ4n) is 1.26. The number of hydrogen-bond acceptors (Lipinski definition) is 4. The van der Waals surface area contributed by atoms with Crippen molar-refractivity contribution in [2.75, 3.05) is 0 Å². The van der Waals surface area contributed by atoms with Gasteiger partial charge in [0.1, 0.15) is 6.10 Å². The van der Waals surface area contributed by atoms with Gasteiger partial charge < -0.3 is 14.9 Å². The molecule has 0 fully saturated rings. The van der Waals surface area contributed by atoms with E-state index in [2.05, 4.69) is 0 Å². The summed E-state index contributed by atoms with van der Waals surface area (Å²) >= 11 is 0. The largest absolute Gasteiger partial charge is 0.462 e. The molecule has 14 heavy (non-hydrogen) atoms. The third kappa shape index (κ3) is 8.01. The van der Waals surface area contributed by atoms with Crippen LogP contribution in [0, 0.1) is 0 Å². The van der Waals surface area contributed by atoms with Gasteiger partial charge in [0.25, 0.3) is 0 Å². The van der Waals surface area contributed by atoms with E-state index in [-0.39, 0.29) is 12.5 Å². The van der Waals surface area contributed by atoms with Crippen molar-refractivity contribution in [3.05, 3.63) is 0 Å². The topological polar surface area (TPSA) is 66.8 Å². The highest BCUT2D eigenvalue weighted by Crippen LogP contribution is 2.13. The number of ether oxygens (including phenoxy) is 1. The molecule has 0 aromatic heterocycles. The van der Waals surface area contributed by atoms with Crippen molar-refractivity contribution in [1.29, 1.82) is 0 Å². The van der Waals surface area contributed by atoms with Gasteiger partial charge in [-0.3, -0.25) is 4.79 Å². The van der Waals surface area contributed by atoms with Gasteiger partial charge in [0, 0.05) is 6.42 Å². The van der Waals surface area contributed by atoms with E-state index in [1.165, 1.54) is 6.92 Å². The summed E-state index contributed by atoms with van der Waals surface area (Å²) in [4.78, 5) is 11.1. The number of rotatable bonds is 5. The minimum Gasteiger partial charge on any atom is -0.462 e. The standard InChI is InChI=1S/C10H20O4/c1-7(11)5-9(12)14-8(2)6-10(3,4)13/h7-8,11,13H,5-6H2,1-4H3/t7-,8+/m1/s1. The second-order valence-electron chi connectivity index (χ2n) is 4.37. The van der Waals surface area contributed by atoms with Crippen molar-refractivity contribution in [1.82, 2.24) is 0 Å². The molecule has 0 saturated heterocycles. The fraction of sp³-hybridized carbons (Fsp3) is 0.900. The summed E-state index contributed by atoms with van der Waals surface area (Å²) in [5.41, 5.74) is -0.843. The van der Waals surface area contributed by atoms with Crippen LogP contribution < -0.4 is 0 Å². The van der Waals surface area contributed by atoms with Crippen LogP contribution in [0.5, 0.6) is 0 Å². The summed E-state index contributed by atoms with van der Waals surface area (Å²) in [6, 6.07) is 0. The Balaban J connectivity index is 3.83. The maximum absolute atomic E-state index is 11.1. The average molecular weight is 204 g/mol. The summed E-state index contributed by atoms with van der Waals surface area (Å²) in [6.07, 6.45) is -0.632. The van der Waals surface area contributed by atoms with E-state index in [0.717, 1.165) is 0 Å². The van der Waals surface area contributed by atoms with Crippen LogP contribution >= 0.6 is 0 Å². The van der Waals surface area contributed by atoms with Crippen LogP contribution in [0.3, 0.4) is 0 Å². The number of carbonyl (C=O) groups is 1. The van der Waals surface area contributed by atoms with Crippen LogP contribution in [0.2, 0.25) is 0 Å². The van der Waals surface area contributed by atoms with Crippen molar-refractivity contribution in [2.24, 2.45) is 0 Å². The van der Waals surface area contributed by atoms with Gasteiger partial charge in [-0.25, -0.2) is 0 Å². The van der Waals surface area contributed by atoms with Gasteiger partial charge >= 0.3 is 5.97 Å². The lowest BCUT2D eigenvalue weighted by molar-refractivity contribution is -0.152. The molecule has 0 amide bonds. The molecule has 2 atom stereocenters. The van der Waals surface area contributed by atoms with Crippen LogP contribution in [0.15, 0.2) is 0 Å². The zero-order valence-electron chi connectivity index (χ0n) is 9.28. The van der Waals surface area contributed by atoms with Crippen molar-refractivity contribution in [3.63, 3.8) is 0 Å². The summed E-state index contributed by atoms with van der Waals surface area (Å²) in [7, 11) is 0. The van der Waals surface area contributed by atoms with Crippen LogP contribution in [0.25, 0.3) is 0 Å². The Labute approximate surface area is 84.9 Å². The molecule has 0 aliphatic rings. The molecule has 84 valence electrons. The third-order valence-corrected chi connectivity index (χ3v) is 1.58. The Morgan fingerprint density at radius 3 is 2.29 bits per heavy atom. The first-order valence-corrected chi connectivity index (χ1v) is 4.80. The molecule has 0 unspecified atom stereocenters. The number of esters is 1. The lowest BCUT2D eigenvalue weighted by Gasteiger charge is -2.22. The van der Waals surface area contributed by atoms with Crippen molar-refractivity contribution in [2.45, 2.75) is 58.3 Å². The van der Waals surface area contributed by atoms with E-state index >= 15 is 0 Å². The predicted octanol–water partition coefficient (Wildman–Crippen LogP) is 0.850. The summed E-state index contributed by atoms with van der Waals surface area (Å²) in [6.45, 7) is 6.57. The Bertz CT molecular complexity index is 181. The molecule has 2 N–H and O–H groups in total. The van der Waals surface area contributed by atoms with Crippen molar-refractivity contribution < 1.29 is 19.7 Å². The SMILES string of the molecule is C[C@@H](O)CC(=O)O[C@@H](C)CC(C)(C)O. The van der Waals surface area contributed by atoms with E-state index in [0.29, 0.717) is 6.42 Å². The number of carbonyl (C=O) groups excluding carboxylic acids is 1. The highest BCUT2D eigenvalue weighted by Gasteiger charge is 2.20. The minimum absolute atomic E-state index is 0.00377. The van der Waals surface area contributed by atoms with E-state index in [1.807, 2.05) is 0 Å². The smallest absolute Gasteiger partial charge is 0.308 e. The van der Waals surface area contributed by atoms with Gasteiger partial charge in [-0.05, 0) is 27.7 Å². The second-order valence-corrected chi connectivity index (χ2v) is 4.37. The first-order valence-electron chi connectivity index (χ1n) is 4.80. The summed E-state index contributed by atoms with van der Waals surface area (Å²) in [5.74, 6) is -0.434. The Morgan fingerprint density at radius 1 is 1.43 bits per heavy atom. The molecule has 0 aromatic carbocycles. The molecule has 4 nitrogen and oxygen atoms in total. The van der Waals surface area contributed by atoms with E-state index < -0.39 is 17.7 Å². The number of aliphatic hydroxyl groups excluding tert-OH is 1. The number of aliphatic hydroxyl groups is 2. The maximum Gasteiger partial charge on any atom is 0.308 e. The molecule has 4 heteroatoms. The van der Waals surface area contributed by atoms with Crippen molar-refractivity contribution >= 4 is 5.97 Å². The normalized spacial score (nSPS) is 16.1. The monoisotopic (exact) mass is 204 g/mol. The summed E-state index contributed by atoms with van der Waals surface area (Å²) in [5, 5.41) is 18.4. The number of hydrogen-bond donors (Lipinski definition) is 2. The van der Waals surface area contributed by atoms with Gasteiger partial charge in [0.05, 0.1) is 18.1 Å². The molecular formula is C10H20O4. The van der Waals surface area contributed by atoms with Crippen LogP contribution in [-0.2, 0) is 9.53 Å². The highest BCUT2D eigenvalue weighted by atomic mass is 16.5. The fourth-order valence-corrected chi connectivity index (χ4v) is 1.26. The van der Waals surface area contributed by atoms with E-state index in [1.54, 1.807) is 20.8 Å². The molecule has 0 spiro atoms. The van der Waals surface area contributed by atoms with Gasteiger partial charge in [-0.1, -0.05) is 0 Å². The molecule has 0 aliphatic carbocycles. The van der Waals surface area contributed by atoms with Gasteiger partial charge in [-0.15, -0.1) is 0 Å². The Kier molecular flexibility index (Phi) is 5.08. The van der Waals surface area contributed by atoms with Crippen LogP contribution in [0.4, 0.5) is 0 Å². The van der Waals surface area contributed by atoms with Crippen molar-refractivity contribution in [3.8, 4) is 0 Å². The maximum atomic E-state index is 11.1. The third-order valence-electron chi connectivity index (χ3n) is 1.58. The minimum atomic E-state index is -0.843. The lowest BCUT2D eigenvalue weighted by Crippen LogP contribution is -2.28. The van der Waals surface area contributed by atoms with Gasteiger partial charge in [0.15, 0.2) is 0 Å². The lowest BCUT2D eigenvalue weighted by atomic mass is 10.0. The molecular weight excluding hydrogens is 184 g/mol.